The van der Waals surface area contributed by atoms with Crippen LogP contribution in [0.5, 0.6) is 11.5 Å². The van der Waals surface area contributed by atoms with Gasteiger partial charge in [0.15, 0.2) is 5.75 Å². The first-order chi connectivity index (χ1) is 10.4. The Labute approximate surface area is 124 Å². The van der Waals surface area contributed by atoms with E-state index in [-0.39, 0.29) is 23.1 Å². The van der Waals surface area contributed by atoms with E-state index in [0.717, 1.165) is 6.92 Å². The molecule has 0 saturated carbocycles. The summed E-state index contributed by atoms with van der Waals surface area (Å²) in [5.41, 5.74) is -0.687. The number of nitro groups is 1. The maximum absolute atomic E-state index is 12.4. The van der Waals surface area contributed by atoms with Crippen molar-refractivity contribution in [1.29, 1.82) is 0 Å². The quantitative estimate of drug-likeness (QED) is 0.525. The van der Waals surface area contributed by atoms with Gasteiger partial charge in [-0.2, -0.15) is 0 Å². The van der Waals surface area contributed by atoms with Crippen LogP contribution in [-0.2, 0) is 11.3 Å². The monoisotopic (exact) mass is 306 g/mol. The molecule has 22 heavy (non-hydrogen) atoms. The van der Waals surface area contributed by atoms with E-state index in [1.807, 2.05) is 6.92 Å². The van der Waals surface area contributed by atoms with Crippen LogP contribution in [0.3, 0.4) is 0 Å². The maximum Gasteiger partial charge on any atom is 0.308 e. The molecule has 1 N–H and O–H groups in total. The highest BCUT2D eigenvalue weighted by Crippen LogP contribution is 2.33. The van der Waals surface area contributed by atoms with E-state index in [2.05, 4.69) is 0 Å². The number of rotatable bonds is 4. The van der Waals surface area contributed by atoms with Crippen molar-refractivity contribution in [2.45, 2.75) is 26.8 Å². The zero-order valence-electron chi connectivity index (χ0n) is 12.0. The number of nitrogens with zero attached hydrogens (tertiary/aromatic N) is 2. The zero-order valence-corrected chi connectivity index (χ0v) is 12.0. The van der Waals surface area contributed by atoms with E-state index in [4.69, 9.17) is 4.74 Å². The number of fused-ring (bicyclic) bond motifs is 1. The molecule has 0 bridgehead atoms. The number of aromatic hydroxyl groups is 1. The molecule has 0 aliphatic rings. The molecule has 116 valence electrons. The second kappa shape index (κ2) is 5.84. The summed E-state index contributed by atoms with van der Waals surface area (Å²) in [4.78, 5) is 33.8. The average Bonchev–Trinajstić information content (AvgIpc) is 2.47. The Morgan fingerprint density at radius 3 is 2.68 bits per heavy atom. The zero-order chi connectivity index (χ0) is 16.4. The minimum absolute atomic E-state index is 0.198. The number of nitro benzene ring substituents is 1. The topological polar surface area (TPSA) is 112 Å². The Morgan fingerprint density at radius 2 is 2.14 bits per heavy atom. The standard InChI is InChI=1S/C14H14N2O6/c1-3-6-15-11-7-9(16(20)21)4-5-10(11)12(18)13(14(15)19)22-8(2)17/h4-5,7,18H,3,6H2,1-2H3. The Kier molecular flexibility index (Phi) is 4.11. The molecule has 1 aromatic carbocycles. The number of benzene rings is 1. The van der Waals surface area contributed by atoms with Gasteiger partial charge in [-0.25, -0.2) is 0 Å². The van der Waals surface area contributed by atoms with Gasteiger partial charge in [0, 0.05) is 31.0 Å². The van der Waals surface area contributed by atoms with Gasteiger partial charge in [0.1, 0.15) is 0 Å². The highest BCUT2D eigenvalue weighted by atomic mass is 16.6. The molecular weight excluding hydrogens is 292 g/mol. The third kappa shape index (κ3) is 2.62. The number of hydrogen-bond donors (Lipinski definition) is 1. The number of hydrogen-bond acceptors (Lipinski definition) is 6. The summed E-state index contributed by atoms with van der Waals surface area (Å²) in [6, 6.07) is 3.74. The molecule has 2 aromatic rings. The SMILES string of the molecule is CCCn1c(=O)c(OC(C)=O)c(O)c2ccc([N+](=O)[O-])cc21. The molecule has 0 unspecified atom stereocenters. The van der Waals surface area contributed by atoms with E-state index in [1.54, 1.807) is 0 Å². The van der Waals surface area contributed by atoms with Crippen molar-refractivity contribution in [3.63, 3.8) is 0 Å². The van der Waals surface area contributed by atoms with Gasteiger partial charge in [0.2, 0.25) is 5.75 Å². The lowest BCUT2D eigenvalue weighted by Gasteiger charge is -2.13. The first-order valence-corrected chi connectivity index (χ1v) is 6.59. The van der Waals surface area contributed by atoms with Gasteiger partial charge in [-0.05, 0) is 12.5 Å². The second-order valence-corrected chi connectivity index (χ2v) is 4.69. The number of aryl methyl sites for hydroxylation is 1. The van der Waals surface area contributed by atoms with Crippen molar-refractivity contribution in [2.75, 3.05) is 0 Å². The lowest BCUT2D eigenvalue weighted by atomic mass is 10.1. The first kappa shape index (κ1) is 15.5. The Morgan fingerprint density at radius 1 is 1.45 bits per heavy atom. The number of esters is 1. The molecular formula is C14H14N2O6. The van der Waals surface area contributed by atoms with Gasteiger partial charge in [-0.3, -0.25) is 19.7 Å². The molecule has 8 nitrogen and oxygen atoms in total. The van der Waals surface area contributed by atoms with Crippen molar-refractivity contribution in [3.8, 4) is 11.5 Å². The van der Waals surface area contributed by atoms with Crippen LogP contribution in [0.4, 0.5) is 5.69 Å². The fourth-order valence-corrected chi connectivity index (χ4v) is 2.19. The average molecular weight is 306 g/mol. The number of aromatic nitrogens is 1. The summed E-state index contributed by atoms with van der Waals surface area (Å²) < 4.78 is 6.04. The van der Waals surface area contributed by atoms with Crippen LogP contribution in [0.1, 0.15) is 20.3 Å². The molecule has 1 aromatic heterocycles. The van der Waals surface area contributed by atoms with Gasteiger partial charge in [-0.15, -0.1) is 0 Å². The first-order valence-electron chi connectivity index (χ1n) is 6.59. The van der Waals surface area contributed by atoms with E-state index in [9.17, 15) is 24.8 Å². The van der Waals surface area contributed by atoms with Crippen LogP contribution in [0.2, 0.25) is 0 Å². The van der Waals surface area contributed by atoms with Gasteiger partial charge < -0.3 is 14.4 Å². The Bertz CT molecular complexity index is 824. The fraction of sp³-hybridized carbons (Fsp3) is 0.286. The predicted octanol–water partition coefficient (Wildman–Crippen LogP) is 1.95. The number of pyridine rings is 1. The smallest absolute Gasteiger partial charge is 0.308 e. The summed E-state index contributed by atoms with van der Waals surface area (Å²) >= 11 is 0. The van der Waals surface area contributed by atoms with Crippen molar-refractivity contribution >= 4 is 22.6 Å². The van der Waals surface area contributed by atoms with Gasteiger partial charge in [-0.1, -0.05) is 6.92 Å². The lowest BCUT2D eigenvalue weighted by molar-refractivity contribution is -0.384. The molecule has 0 aliphatic heterocycles. The lowest BCUT2D eigenvalue weighted by Crippen LogP contribution is -2.24. The van der Waals surface area contributed by atoms with Crippen LogP contribution in [0.15, 0.2) is 23.0 Å². The Hall–Kier alpha value is -2.90. The number of carbonyl (C=O) groups excluding carboxylic acids is 1. The number of carbonyl (C=O) groups is 1. The normalized spacial score (nSPS) is 10.6. The highest BCUT2D eigenvalue weighted by molar-refractivity contribution is 5.90. The summed E-state index contributed by atoms with van der Waals surface area (Å²) in [5, 5.41) is 21.2. The van der Waals surface area contributed by atoms with Crippen LogP contribution in [0, 0.1) is 10.1 Å². The highest BCUT2D eigenvalue weighted by Gasteiger charge is 2.20. The fourth-order valence-electron chi connectivity index (χ4n) is 2.19. The summed E-state index contributed by atoms with van der Waals surface area (Å²) in [5.74, 6) is -1.71. The van der Waals surface area contributed by atoms with E-state index in [1.165, 1.54) is 22.8 Å². The van der Waals surface area contributed by atoms with Crippen molar-refractivity contribution in [3.05, 3.63) is 38.7 Å². The van der Waals surface area contributed by atoms with Crippen LogP contribution in [-0.4, -0.2) is 20.6 Å². The van der Waals surface area contributed by atoms with Gasteiger partial charge in [0.25, 0.3) is 11.2 Å². The largest absolute Gasteiger partial charge is 0.504 e. The Balaban J connectivity index is 2.87. The van der Waals surface area contributed by atoms with Crippen molar-refractivity contribution in [1.82, 2.24) is 4.57 Å². The molecule has 1 heterocycles. The minimum Gasteiger partial charge on any atom is -0.504 e. The maximum atomic E-state index is 12.4. The molecule has 0 spiro atoms. The summed E-state index contributed by atoms with van der Waals surface area (Å²) in [6.07, 6.45) is 0.585. The van der Waals surface area contributed by atoms with Crippen LogP contribution < -0.4 is 10.3 Å². The van der Waals surface area contributed by atoms with Crippen LogP contribution >= 0.6 is 0 Å². The number of ether oxygens (including phenoxy) is 1. The van der Waals surface area contributed by atoms with E-state index in [0.29, 0.717) is 6.42 Å². The van der Waals surface area contributed by atoms with E-state index < -0.39 is 28.0 Å². The molecule has 0 fully saturated rings. The molecule has 0 amide bonds. The van der Waals surface area contributed by atoms with E-state index >= 15 is 0 Å². The molecule has 2 rings (SSSR count). The molecule has 0 atom stereocenters. The summed E-state index contributed by atoms with van der Waals surface area (Å²) in [7, 11) is 0. The third-order valence-electron chi connectivity index (χ3n) is 3.09. The third-order valence-corrected chi connectivity index (χ3v) is 3.09. The molecule has 0 aliphatic carbocycles. The minimum atomic E-state index is -0.739. The summed E-state index contributed by atoms with van der Waals surface area (Å²) in [6.45, 7) is 3.21. The molecule has 8 heteroatoms. The molecule has 0 saturated heterocycles. The molecule has 0 radical (unpaired) electrons. The van der Waals surface area contributed by atoms with Crippen molar-refractivity contribution in [2.24, 2.45) is 0 Å². The van der Waals surface area contributed by atoms with Gasteiger partial charge in [0.05, 0.1) is 10.4 Å². The number of non-ortho nitro benzene ring substituents is 1. The van der Waals surface area contributed by atoms with Crippen LogP contribution in [0.25, 0.3) is 10.9 Å². The van der Waals surface area contributed by atoms with Crippen molar-refractivity contribution < 1.29 is 19.6 Å². The second-order valence-electron chi connectivity index (χ2n) is 4.69. The van der Waals surface area contributed by atoms with Gasteiger partial charge >= 0.3 is 5.97 Å². The predicted molar refractivity (Wildman–Crippen MR) is 78.1 cm³/mol.